The van der Waals surface area contributed by atoms with Crippen molar-refractivity contribution in [3.8, 4) is 11.5 Å². The van der Waals surface area contributed by atoms with Crippen LogP contribution in [0, 0.1) is 13.8 Å². The van der Waals surface area contributed by atoms with E-state index in [0.29, 0.717) is 11.6 Å². The summed E-state index contributed by atoms with van der Waals surface area (Å²) in [5, 5.41) is 0. The van der Waals surface area contributed by atoms with Crippen molar-refractivity contribution in [1.29, 1.82) is 0 Å². The predicted octanol–water partition coefficient (Wildman–Crippen LogP) is 3.69. The van der Waals surface area contributed by atoms with Crippen molar-refractivity contribution in [1.82, 2.24) is 4.98 Å². The number of nitrogens with two attached hydrogens (primary N) is 1. The molecule has 18 heavy (non-hydrogen) atoms. The molecule has 0 aliphatic carbocycles. The van der Waals surface area contributed by atoms with Crippen LogP contribution in [0.1, 0.15) is 11.1 Å². The van der Waals surface area contributed by atoms with Crippen LogP contribution in [0.4, 0.5) is 5.69 Å². The van der Waals surface area contributed by atoms with E-state index in [1.165, 1.54) is 5.56 Å². The third-order valence-corrected chi connectivity index (χ3v) is 2.98. The Bertz CT molecular complexity index is 728. The van der Waals surface area contributed by atoms with E-state index < -0.39 is 0 Å². The maximum Gasteiger partial charge on any atom is 0.229 e. The summed E-state index contributed by atoms with van der Waals surface area (Å²) >= 11 is 0. The Kier molecular flexibility index (Phi) is 2.33. The molecule has 1 heterocycles. The number of hydrogen-bond donors (Lipinski definition) is 1. The second kappa shape index (κ2) is 3.88. The Balaban J connectivity index is 2.22. The van der Waals surface area contributed by atoms with Crippen LogP contribution in [0.2, 0.25) is 0 Å². The highest BCUT2D eigenvalue weighted by Crippen LogP contribution is 2.29. The SMILES string of the molecule is Cc1ccc(N)c(-c2nc3cc(C)ccc3o2)c1. The monoisotopic (exact) mass is 238 g/mol. The molecule has 0 saturated heterocycles. The molecule has 3 aromatic rings. The number of oxazole rings is 1. The Morgan fingerprint density at radius 2 is 1.72 bits per heavy atom. The quantitative estimate of drug-likeness (QED) is 0.658. The Morgan fingerprint density at radius 1 is 1.00 bits per heavy atom. The van der Waals surface area contributed by atoms with Crippen LogP contribution in [0.25, 0.3) is 22.6 Å². The number of aromatic nitrogens is 1. The van der Waals surface area contributed by atoms with Gasteiger partial charge in [0.25, 0.3) is 0 Å². The summed E-state index contributed by atoms with van der Waals surface area (Å²) in [5.74, 6) is 0.580. The van der Waals surface area contributed by atoms with Crippen molar-refractivity contribution < 1.29 is 4.42 Å². The smallest absolute Gasteiger partial charge is 0.229 e. The molecule has 2 N–H and O–H groups in total. The first-order chi connectivity index (χ1) is 8.63. The summed E-state index contributed by atoms with van der Waals surface area (Å²) in [7, 11) is 0. The third kappa shape index (κ3) is 1.74. The summed E-state index contributed by atoms with van der Waals surface area (Å²) in [6.07, 6.45) is 0. The lowest BCUT2D eigenvalue weighted by Crippen LogP contribution is -1.90. The molecule has 0 radical (unpaired) electrons. The number of aryl methyl sites for hydroxylation is 2. The highest BCUT2D eigenvalue weighted by molar-refractivity contribution is 5.80. The van der Waals surface area contributed by atoms with Gasteiger partial charge in [-0.25, -0.2) is 4.98 Å². The second-order valence-electron chi connectivity index (χ2n) is 4.58. The van der Waals surface area contributed by atoms with Gasteiger partial charge in [-0.1, -0.05) is 17.7 Å². The van der Waals surface area contributed by atoms with Crippen molar-refractivity contribution in [2.75, 3.05) is 5.73 Å². The topological polar surface area (TPSA) is 52.0 Å². The summed E-state index contributed by atoms with van der Waals surface area (Å²) in [6, 6.07) is 11.8. The molecule has 0 aliphatic rings. The van der Waals surface area contributed by atoms with Gasteiger partial charge in [0, 0.05) is 5.69 Å². The van der Waals surface area contributed by atoms with Crippen LogP contribution in [-0.4, -0.2) is 4.98 Å². The largest absolute Gasteiger partial charge is 0.436 e. The van der Waals surface area contributed by atoms with E-state index in [1.54, 1.807) is 0 Å². The number of nitrogens with zero attached hydrogens (tertiary/aromatic N) is 1. The van der Waals surface area contributed by atoms with Gasteiger partial charge in [0.2, 0.25) is 5.89 Å². The van der Waals surface area contributed by atoms with Crippen LogP contribution in [0.5, 0.6) is 0 Å². The predicted molar refractivity (Wildman–Crippen MR) is 73.3 cm³/mol. The van der Waals surface area contributed by atoms with Crippen LogP contribution in [-0.2, 0) is 0 Å². The fourth-order valence-corrected chi connectivity index (χ4v) is 2.01. The molecule has 0 unspecified atom stereocenters. The van der Waals surface area contributed by atoms with E-state index in [0.717, 1.165) is 22.2 Å². The van der Waals surface area contributed by atoms with Crippen LogP contribution in [0.3, 0.4) is 0 Å². The van der Waals surface area contributed by atoms with Gasteiger partial charge in [0.05, 0.1) is 5.56 Å². The van der Waals surface area contributed by atoms with Gasteiger partial charge >= 0.3 is 0 Å². The standard InChI is InChI=1S/C15H14N2O/c1-9-3-5-12(16)11(7-9)15-17-13-8-10(2)4-6-14(13)18-15/h3-8H,16H2,1-2H3. The average molecular weight is 238 g/mol. The molecule has 0 saturated carbocycles. The molecular formula is C15H14N2O. The van der Waals surface area contributed by atoms with Gasteiger partial charge < -0.3 is 10.2 Å². The molecule has 0 aliphatic heterocycles. The lowest BCUT2D eigenvalue weighted by atomic mass is 10.1. The zero-order chi connectivity index (χ0) is 12.7. The molecule has 2 aromatic carbocycles. The van der Waals surface area contributed by atoms with E-state index in [2.05, 4.69) is 4.98 Å². The average Bonchev–Trinajstić information content (AvgIpc) is 2.74. The molecule has 0 spiro atoms. The molecule has 0 bridgehead atoms. The molecule has 0 atom stereocenters. The van der Waals surface area contributed by atoms with Crippen LogP contribution in [0.15, 0.2) is 40.8 Å². The van der Waals surface area contributed by atoms with Crippen LogP contribution < -0.4 is 5.73 Å². The zero-order valence-corrected chi connectivity index (χ0v) is 10.4. The van der Waals surface area contributed by atoms with Gasteiger partial charge in [0.15, 0.2) is 5.58 Å². The van der Waals surface area contributed by atoms with E-state index in [1.807, 2.05) is 50.2 Å². The maximum absolute atomic E-state index is 5.97. The van der Waals surface area contributed by atoms with Gasteiger partial charge in [0.1, 0.15) is 5.52 Å². The van der Waals surface area contributed by atoms with E-state index >= 15 is 0 Å². The van der Waals surface area contributed by atoms with E-state index in [4.69, 9.17) is 10.2 Å². The molecule has 3 nitrogen and oxygen atoms in total. The molecule has 90 valence electrons. The first-order valence-electron chi connectivity index (χ1n) is 5.87. The number of benzene rings is 2. The van der Waals surface area contributed by atoms with Crippen molar-refractivity contribution in [2.45, 2.75) is 13.8 Å². The summed E-state index contributed by atoms with van der Waals surface area (Å²) < 4.78 is 5.75. The molecular weight excluding hydrogens is 224 g/mol. The summed E-state index contributed by atoms with van der Waals surface area (Å²) in [6.45, 7) is 4.06. The van der Waals surface area contributed by atoms with Gasteiger partial charge in [-0.15, -0.1) is 0 Å². The van der Waals surface area contributed by atoms with Crippen molar-refractivity contribution in [2.24, 2.45) is 0 Å². The van der Waals surface area contributed by atoms with Gasteiger partial charge in [-0.2, -0.15) is 0 Å². The van der Waals surface area contributed by atoms with E-state index in [-0.39, 0.29) is 0 Å². The van der Waals surface area contributed by atoms with Crippen molar-refractivity contribution in [3.63, 3.8) is 0 Å². The fraction of sp³-hybridized carbons (Fsp3) is 0.133. The Labute approximate surface area is 105 Å². The number of anilines is 1. The first kappa shape index (κ1) is 10.8. The van der Waals surface area contributed by atoms with E-state index in [9.17, 15) is 0 Å². The number of hydrogen-bond acceptors (Lipinski definition) is 3. The molecule has 3 heteroatoms. The van der Waals surface area contributed by atoms with Crippen molar-refractivity contribution in [3.05, 3.63) is 47.5 Å². The minimum Gasteiger partial charge on any atom is -0.436 e. The lowest BCUT2D eigenvalue weighted by molar-refractivity contribution is 0.620. The fourth-order valence-electron chi connectivity index (χ4n) is 2.01. The number of fused-ring (bicyclic) bond motifs is 1. The maximum atomic E-state index is 5.97. The first-order valence-corrected chi connectivity index (χ1v) is 5.87. The third-order valence-electron chi connectivity index (χ3n) is 2.98. The highest BCUT2D eigenvalue weighted by atomic mass is 16.3. The van der Waals surface area contributed by atoms with Crippen LogP contribution >= 0.6 is 0 Å². The Hall–Kier alpha value is -2.29. The summed E-state index contributed by atoms with van der Waals surface area (Å²) in [5.41, 5.74) is 11.5. The lowest BCUT2D eigenvalue weighted by Gasteiger charge is -2.01. The summed E-state index contributed by atoms with van der Waals surface area (Å²) in [4.78, 5) is 4.50. The number of rotatable bonds is 1. The highest BCUT2D eigenvalue weighted by Gasteiger charge is 2.11. The molecule has 0 fully saturated rings. The molecule has 0 amide bonds. The molecule has 1 aromatic heterocycles. The van der Waals surface area contributed by atoms with Gasteiger partial charge in [-0.3, -0.25) is 0 Å². The minimum absolute atomic E-state index is 0.580. The van der Waals surface area contributed by atoms with Gasteiger partial charge in [-0.05, 0) is 43.7 Å². The second-order valence-corrected chi connectivity index (χ2v) is 4.58. The zero-order valence-electron chi connectivity index (χ0n) is 10.4. The number of nitrogen functional groups attached to an aromatic ring is 1. The normalized spacial score (nSPS) is 11.0. The minimum atomic E-state index is 0.580. The Morgan fingerprint density at radius 3 is 2.56 bits per heavy atom. The molecule has 3 rings (SSSR count). The van der Waals surface area contributed by atoms with Crippen molar-refractivity contribution >= 4 is 16.8 Å².